The van der Waals surface area contributed by atoms with E-state index in [0.717, 1.165) is 5.56 Å². The molecule has 1 N–H and O–H groups in total. The number of rotatable bonds is 5. The third-order valence-electron chi connectivity index (χ3n) is 3.60. The van der Waals surface area contributed by atoms with Gasteiger partial charge in [0.15, 0.2) is 0 Å². The Morgan fingerprint density at radius 1 is 0.889 bits per heavy atom. The van der Waals surface area contributed by atoms with E-state index in [2.05, 4.69) is 26.5 Å². The molecule has 27 heavy (non-hydrogen) atoms. The molecule has 3 aromatic rings. The molecule has 0 fully saturated rings. The predicted molar refractivity (Wildman–Crippen MR) is 107 cm³/mol. The topological polar surface area (TPSA) is 67.8 Å². The van der Waals surface area contributed by atoms with Crippen molar-refractivity contribution in [2.45, 2.75) is 0 Å². The van der Waals surface area contributed by atoms with Crippen LogP contribution in [0.4, 0.5) is 0 Å². The van der Waals surface area contributed by atoms with E-state index in [9.17, 15) is 9.59 Å². The van der Waals surface area contributed by atoms with Gasteiger partial charge in [0, 0.05) is 4.47 Å². The van der Waals surface area contributed by atoms with Crippen LogP contribution in [-0.2, 0) is 0 Å². The van der Waals surface area contributed by atoms with Crippen LogP contribution in [0, 0.1) is 0 Å². The van der Waals surface area contributed by atoms with E-state index in [-0.39, 0.29) is 5.91 Å². The highest BCUT2D eigenvalue weighted by Gasteiger charge is 2.08. The minimum Gasteiger partial charge on any atom is -0.423 e. The molecule has 3 rings (SSSR count). The van der Waals surface area contributed by atoms with E-state index in [4.69, 9.17) is 4.74 Å². The zero-order valence-corrected chi connectivity index (χ0v) is 15.7. The Morgan fingerprint density at radius 3 is 2.26 bits per heavy atom. The maximum absolute atomic E-state index is 12.1. The second-order valence-electron chi connectivity index (χ2n) is 5.50. The lowest BCUT2D eigenvalue weighted by molar-refractivity contribution is 0.0734. The summed E-state index contributed by atoms with van der Waals surface area (Å²) in [7, 11) is 0. The SMILES string of the molecule is O=C(Oc1ccc(C=NNC(=O)c2ccccc2Br)cc1)c1ccccc1. The molecule has 0 spiro atoms. The van der Waals surface area contributed by atoms with Crippen LogP contribution in [0.1, 0.15) is 26.3 Å². The average Bonchev–Trinajstić information content (AvgIpc) is 2.70. The van der Waals surface area contributed by atoms with E-state index >= 15 is 0 Å². The Labute approximate surface area is 164 Å². The number of amides is 1. The number of hydrogen-bond acceptors (Lipinski definition) is 4. The summed E-state index contributed by atoms with van der Waals surface area (Å²) in [5, 5.41) is 3.94. The summed E-state index contributed by atoms with van der Waals surface area (Å²) in [6.45, 7) is 0. The molecule has 0 heterocycles. The molecule has 0 radical (unpaired) electrons. The van der Waals surface area contributed by atoms with Gasteiger partial charge in [-0.3, -0.25) is 4.79 Å². The van der Waals surface area contributed by atoms with Gasteiger partial charge < -0.3 is 4.74 Å². The summed E-state index contributed by atoms with van der Waals surface area (Å²) in [5.41, 5.74) is 4.21. The van der Waals surface area contributed by atoms with Crippen molar-refractivity contribution in [3.8, 4) is 5.75 Å². The number of nitrogens with zero attached hydrogens (tertiary/aromatic N) is 1. The van der Waals surface area contributed by atoms with Gasteiger partial charge in [0.25, 0.3) is 5.91 Å². The second kappa shape index (κ2) is 8.91. The van der Waals surface area contributed by atoms with Crippen molar-refractivity contribution in [3.05, 3.63) is 100 Å². The number of hydrogen-bond donors (Lipinski definition) is 1. The quantitative estimate of drug-likeness (QED) is 0.286. The lowest BCUT2D eigenvalue weighted by Crippen LogP contribution is -2.18. The Balaban J connectivity index is 1.57. The molecule has 134 valence electrons. The summed E-state index contributed by atoms with van der Waals surface area (Å²) in [4.78, 5) is 24.1. The van der Waals surface area contributed by atoms with E-state index in [1.54, 1.807) is 66.7 Å². The normalized spacial score (nSPS) is 10.6. The van der Waals surface area contributed by atoms with Crippen molar-refractivity contribution < 1.29 is 14.3 Å². The molecule has 0 aliphatic carbocycles. The van der Waals surface area contributed by atoms with E-state index in [1.807, 2.05) is 12.1 Å². The van der Waals surface area contributed by atoms with Gasteiger partial charge >= 0.3 is 5.97 Å². The Bertz CT molecular complexity index is 970. The lowest BCUT2D eigenvalue weighted by Gasteiger charge is -2.04. The molecular weight excluding hydrogens is 408 g/mol. The van der Waals surface area contributed by atoms with Gasteiger partial charge in [-0.1, -0.05) is 30.3 Å². The predicted octanol–water partition coefficient (Wildman–Crippen LogP) is 4.43. The second-order valence-corrected chi connectivity index (χ2v) is 6.36. The van der Waals surface area contributed by atoms with Gasteiger partial charge in [-0.25, -0.2) is 10.2 Å². The highest BCUT2D eigenvalue weighted by Crippen LogP contribution is 2.16. The molecule has 0 unspecified atom stereocenters. The van der Waals surface area contributed by atoms with Gasteiger partial charge in [0.05, 0.1) is 17.3 Å². The molecule has 0 aromatic heterocycles. The van der Waals surface area contributed by atoms with Crippen molar-refractivity contribution >= 4 is 34.0 Å². The minimum atomic E-state index is -0.419. The summed E-state index contributed by atoms with van der Waals surface area (Å²) >= 11 is 3.32. The van der Waals surface area contributed by atoms with Gasteiger partial charge in [-0.15, -0.1) is 0 Å². The Kier molecular flexibility index (Phi) is 6.12. The van der Waals surface area contributed by atoms with Crippen LogP contribution >= 0.6 is 15.9 Å². The van der Waals surface area contributed by atoms with Crippen LogP contribution in [0.5, 0.6) is 5.75 Å². The molecule has 0 saturated carbocycles. The van der Waals surface area contributed by atoms with Crippen LogP contribution in [0.3, 0.4) is 0 Å². The third kappa shape index (κ3) is 5.12. The first-order valence-electron chi connectivity index (χ1n) is 8.09. The highest BCUT2D eigenvalue weighted by molar-refractivity contribution is 9.10. The number of benzene rings is 3. The number of ether oxygens (including phenoxy) is 1. The van der Waals surface area contributed by atoms with Gasteiger partial charge in [-0.2, -0.15) is 5.10 Å². The zero-order chi connectivity index (χ0) is 19.1. The number of hydrazone groups is 1. The van der Waals surface area contributed by atoms with E-state index in [1.165, 1.54) is 6.21 Å². The highest BCUT2D eigenvalue weighted by atomic mass is 79.9. The Hall–Kier alpha value is -3.25. The maximum Gasteiger partial charge on any atom is 0.343 e. The fraction of sp³-hybridized carbons (Fsp3) is 0. The number of nitrogens with one attached hydrogen (secondary N) is 1. The molecule has 1 amide bonds. The van der Waals surface area contributed by atoms with Gasteiger partial charge in [0.1, 0.15) is 5.75 Å². The average molecular weight is 423 g/mol. The van der Waals surface area contributed by atoms with Gasteiger partial charge in [-0.05, 0) is 70.0 Å². The standard InChI is InChI=1S/C21H15BrN2O3/c22-19-9-5-4-8-18(19)20(25)24-23-14-15-10-12-17(13-11-15)27-21(26)16-6-2-1-3-7-16/h1-14H,(H,24,25). The minimum absolute atomic E-state index is 0.313. The molecule has 6 heteroatoms. The number of esters is 1. The van der Waals surface area contributed by atoms with Crippen LogP contribution in [0.25, 0.3) is 0 Å². The first-order valence-corrected chi connectivity index (χ1v) is 8.88. The monoisotopic (exact) mass is 422 g/mol. The van der Waals surface area contributed by atoms with Crippen LogP contribution < -0.4 is 10.2 Å². The summed E-state index contributed by atoms with van der Waals surface area (Å²) < 4.78 is 6.01. The molecular formula is C21H15BrN2O3. The maximum atomic E-state index is 12.1. The summed E-state index contributed by atoms with van der Waals surface area (Å²) in [6, 6.07) is 22.7. The lowest BCUT2D eigenvalue weighted by atomic mass is 10.2. The van der Waals surface area contributed by atoms with Crippen molar-refractivity contribution in [2.75, 3.05) is 0 Å². The summed E-state index contributed by atoms with van der Waals surface area (Å²) in [5.74, 6) is -0.303. The molecule has 3 aromatic carbocycles. The first kappa shape index (κ1) is 18.5. The number of carbonyl (C=O) groups is 2. The molecule has 0 aliphatic rings. The third-order valence-corrected chi connectivity index (χ3v) is 4.29. The largest absolute Gasteiger partial charge is 0.423 e. The number of halogens is 1. The first-order chi connectivity index (χ1) is 13.1. The van der Waals surface area contributed by atoms with Gasteiger partial charge in [0.2, 0.25) is 0 Å². The smallest absolute Gasteiger partial charge is 0.343 e. The molecule has 0 aliphatic heterocycles. The zero-order valence-electron chi connectivity index (χ0n) is 14.1. The van der Waals surface area contributed by atoms with E-state index in [0.29, 0.717) is 21.3 Å². The Morgan fingerprint density at radius 2 is 1.56 bits per heavy atom. The summed E-state index contributed by atoms with van der Waals surface area (Å²) in [6.07, 6.45) is 1.51. The molecule has 0 atom stereocenters. The van der Waals surface area contributed by atoms with Crippen molar-refractivity contribution in [1.29, 1.82) is 0 Å². The fourth-order valence-corrected chi connectivity index (χ4v) is 2.70. The van der Waals surface area contributed by atoms with Crippen LogP contribution in [0.15, 0.2) is 88.4 Å². The fourth-order valence-electron chi connectivity index (χ4n) is 2.23. The molecule has 0 bridgehead atoms. The van der Waals surface area contributed by atoms with Crippen LogP contribution in [0.2, 0.25) is 0 Å². The van der Waals surface area contributed by atoms with E-state index < -0.39 is 5.97 Å². The van der Waals surface area contributed by atoms with Crippen molar-refractivity contribution in [2.24, 2.45) is 5.10 Å². The molecule has 0 saturated heterocycles. The number of carbonyl (C=O) groups excluding carboxylic acids is 2. The van der Waals surface area contributed by atoms with Crippen LogP contribution in [-0.4, -0.2) is 18.1 Å². The van der Waals surface area contributed by atoms with Crippen molar-refractivity contribution in [3.63, 3.8) is 0 Å². The molecule has 5 nitrogen and oxygen atoms in total. The van der Waals surface area contributed by atoms with Crippen molar-refractivity contribution in [1.82, 2.24) is 5.43 Å².